The molecule has 0 atom stereocenters. The molecule has 1 aliphatic rings. The van der Waals surface area contributed by atoms with Gasteiger partial charge in [0.15, 0.2) is 0 Å². The second-order valence-corrected chi connectivity index (χ2v) is 9.15. The highest BCUT2D eigenvalue weighted by atomic mass is 16.5. The van der Waals surface area contributed by atoms with E-state index >= 15 is 0 Å². The van der Waals surface area contributed by atoms with Gasteiger partial charge in [-0.15, -0.1) is 0 Å². The molecule has 0 amide bonds. The monoisotopic (exact) mass is 516 g/mol. The summed E-state index contributed by atoms with van der Waals surface area (Å²) in [5.41, 5.74) is 9.58. The molecule has 0 aliphatic carbocycles. The average molecular weight is 517 g/mol. The van der Waals surface area contributed by atoms with Crippen LogP contribution in [0.15, 0.2) is 65.6 Å². The van der Waals surface area contributed by atoms with Gasteiger partial charge in [0.1, 0.15) is 29.5 Å². The lowest BCUT2D eigenvalue weighted by Gasteiger charge is -2.26. The Labute approximate surface area is 221 Å². The molecular formula is C28H32N6O4. The van der Waals surface area contributed by atoms with Crippen LogP contribution in [0, 0.1) is 0 Å². The van der Waals surface area contributed by atoms with Crippen molar-refractivity contribution in [2.45, 2.75) is 13.0 Å². The van der Waals surface area contributed by atoms with Crippen LogP contribution >= 0.6 is 0 Å². The maximum absolute atomic E-state index is 12.2. The van der Waals surface area contributed by atoms with Crippen molar-refractivity contribution in [3.8, 4) is 22.9 Å². The summed E-state index contributed by atoms with van der Waals surface area (Å²) in [6.45, 7) is 5.36. The van der Waals surface area contributed by atoms with E-state index in [0.717, 1.165) is 61.0 Å². The number of ether oxygens (including phenoxy) is 3. The van der Waals surface area contributed by atoms with Crippen molar-refractivity contribution in [3.05, 3.63) is 87.8 Å². The first-order valence-corrected chi connectivity index (χ1v) is 12.6. The number of nitrogen functional groups attached to an aromatic ring is 1. The van der Waals surface area contributed by atoms with Gasteiger partial charge in [0.25, 0.3) is 5.56 Å². The molecule has 3 N–H and O–H groups in total. The summed E-state index contributed by atoms with van der Waals surface area (Å²) in [4.78, 5) is 21.4. The van der Waals surface area contributed by atoms with Crippen LogP contribution in [0.3, 0.4) is 0 Å². The number of nitrogens with one attached hydrogen (secondary N) is 1. The highest BCUT2D eigenvalue weighted by molar-refractivity contribution is 5.60. The molecule has 2 aromatic heterocycles. The van der Waals surface area contributed by atoms with E-state index in [1.54, 1.807) is 7.11 Å². The predicted molar refractivity (Wildman–Crippen MR) is 145 cm³/mol. The standard InChI is InChI=1S/C28H32N6O4/c1-36-23-8-6-20(7-9-23)18-34-19-22(27(32-34)24-17-26(35)31-28(29)30-24)16-21-4-2-3-5-25(21)38-15-12-33-10-13-37-14-11-33/h2-9,17,19H,10-16,18H2,1H3,(H3,29,30,31,35). The van der Waals surface area contributed by atoms with Gasteiger partial charge in [-0.3, -0.25) is 19.4 Å². The van der Waals surface area contributed by atoms with E-state index in [9.17, 15) is 4.79 Å². The van der Waals surface area contributed by atoms with Crippen LogP contribution in [0.1, 0.15) is 16.7 Å². The lowest BCUT2D eigenvalue weighted by atomic mass is 10.0. The molecule has 1 fully saturated rings. The van der Waals surface area contributed by atoms with E-state index in [4.69, 9.17) is 25.0 Å². The first-order chi connectivity index (χ1) is 18.6. The molecule has 5 rings (SSSR count). The third-order valence-corrected chi connectivity index (χ3v) is 6.47. The van der Waals surface area contributed by atoms with Gasteiger partial charge >= 0.3 is 0 Å². The number of hydrogen-bond donors (Lipinski definition) is 2. The first kappa shape index (κ1) is 25.5. The molecule has 10 nitrogen and oxygen atoms in total. The summed E-state index contributed by atoms with van der Waals surface area (Å²) >= 11 is 0. The van der Waals surface area contributed by atoms with Crippen LogP contribution < -0.4 is 20.8 Å². The second kappa shape index (κ2) is 11.9. The fraction of sp³-hybridized carbons (Fsp3) is 0.321. The van der Waals surface area contributed by atoms with Crippen molar-refractivity contribution in [1.29, 1.82) is 0 Å². The van der Waals surface area contributed by atoms with Crippen molar-refractivity contribution in [1.82, 2.24) is 24.6 Å². The molecule has 0 saturated carbocycles. The quantitative estimate of drug-likeness (QED) is 0.330. The molecule has 3 heterocycles. The van der Waals surface area contributed by atoms with Gasteiger partial charge in [-0.1, -0.05) is 30.3 Å². The number of rotatable bonds is 10. The van der Waals surface area contributed by atoms with Crippen molar-refractivity contribution in [2.24, 2.45) is 0 Å². The highest BCUT2D eigenvalue weighted by Crippen LogP contribution is 2.27. The summed E-state index contributed by atoms with van der Waals surface area (Å²) in [6.07, 6.45) is 2.54. The zero-order valence-electron chi connectivity index (χ0n) is 21.4. The normalized spacial score (nSPS) is 13.9. The Kier molecular flexibility index (Phi) is 8.01. The van der Waals surface area contributed by atoms with E-state index < -0.39 is 0 Å². The number of morpholine rings is 1. The number of nitrogens with two attached hydrogens (primary N) is 1. The van der Waals surface area contributed by atoms with Gasteiger partial charge in [0.2, 0.25) is 5.95 Å². The van der Waals surface area contributed by atoms with Gasteiger partial charge in [-0.25, -0.2) is 4.98 Å². The van der Waals surface area contributed by atoms with E-state index in [1.165, 1.54) is 6.07 Å². The van der Waals surface area contributed by atoms with Crippen LogP contribution in [0.25, 0.3) is 11.4 Å². The topological polar surface area (TPSA) is 121 Å². The number of hydrogen-bond acceptors (Lipinski definition) is 8. The Balaban J connectivity index is 1.40. The van der Waals surface area contributed by atoms with Crippen LogP contribution in [-0.2, 0) is 17.7 Å². The second-order valence-electron chi connectivity index (χ2n) is 9.15. The van der Waals surface area contributed by atoms with Crippen molar-refractivity contribution < 1.29 is 14.2 Å². The van der Waals surface area contributed by atoms with Gasteiger partial charge < -0.3 is 19.9 Å². The van der Waals surface area contributed by atoms with Gasteiger partial charge in [-0.05, 0) is 29.3 Å². The summed E-state index contributed by atoms with van der Waals surface area (Å²) in [5, 5.41) is 4.80. The molecule has 0 radical (unpaired) electrons. The molecule has 1 saturated heterocycles. The van der Waals surface area contributed by atoms with E-state index in [0.29, 0.717) is 31.0 Å². The molecule has 1 aliphatic heterocycles. The minimum absolute atomic E-state index is 0.0509. The van der Waals surface area contributed by atoms with Crippen molar-refractivity contribution >= 4 is 5.95 Å². The average Bonchev–Trinajstić information content (AvgIpc) is 3.32. The fourth-order valence-corrected chi connectivity index (χ4v) is 4.51. The minimum atomic E-state index is -0.324. The Morgan fingerprint density at radius 3 is 2.63 bits per heavy atom. The largest absolute Gasteiger partial charge is 0.497 e. The molecule has 0 spiro atoms. The third-order valence-electron chi connectivity index (χ3n) is 6.47. The van der Waals surface area contributed by atoms with Crippen LogP contribution in [-0.4, -0.2) is 71.2 Å². The minimum Gasteiger partial charge on any atom is -0.497 e. The number of methoxy groups -OCH3 is 1. The third kappa shape index (κ3) is 6.39. The number of anilines is 1. The fourth-order valence-electron chi connectivity index (χ4n) is 4.51. The maximum atomic E-state index is 12.2. The Bertz CT molecular complexity index is 1410. The number of aromatic nitrogens is 4. The number of benzene rings is 2. The van der Waals surface area contributed by atoms with E-state index in [2.05, 4.69) is 14.9 Å². The molecule has 198 valence electrons. The van der Waals surface area contributed by atoms with Crippen molar-refractivity contribution in [2.75, 3.05) is 52.3 Å². The highest BCUT2D eigenvalue weighted by Gasteiger charge is 2.17. The van der Waals surface area contributed by atoms with E-state index in [-0.39, 0.29) is 11.5 Å². The number of nitrogens with zero attached hydrogens (tertiary/aromatic N) is 4. The Morgan fingerprint density at radius 1 is 1.08 bits per heavy atom. The maximum Gasteiger partial charge on any atom is 0.252 e. The molecule has 38 heavy (non-hydrogen) atoms. The molecule has 2 aromatic carbocycles. The summed E-state index contributed by atoms with van der Waals surface area (Å²) in [7, 11) is 1.64. The van der Waals surface area contributed by atoms with E-state index in [1.807, 2.05) is 59.4 Å². The van der Waals surface area contributed by atoms with Crippen molar-refractivity contribution in [3.63, 3.8) is 0 Å². The SMILES string of the molecule is COc1ccc(Cn2cc(Cc3ccccc3OCCN3CCOCC3)c(-c3cc(=O)[nH]c(N)n3)n2)cc1. The number of aromatic amines is 1. The molecular weight excluding hydrogens is 484 g/mol. The molecule has 0 unspecified atom stereocenters. The zero-order chi connectivity index (χ0) is 26.3. The predicted octanol–water partition coefficient (Wildman–Crippen LogP) is 2.57. The summed E-state index contributed by atoms with van der Waals surface area (Å²) < 4.78 is 18.8. The molecule has 4 aromatic rings. The Hall–Kier alpha value is -4.15. The first-order valence-electron chi connectivity index (χ1n) is 12.6. The summed E-state index contributed by atoms with van der Waals surface area (Å²) in [5.74, 6) is 1.67. The van der Waals surface area contributed by atoms with Gasteiger partial charge in [0.05, 0.1) is 26.9 Å². The summed E-state index contributed by atoms with van der Waals surface area (Å²) in [6, 6.07) is 17.3. The van der Waals surface area contributed by atoms with Gasteiger partial charge in [-0.2, -0.15) is 5.10 Å². The van der Waals surface area contributed by atoms with Gasteiger partial charge in [0, 0.05) is 43.9 Å². The van der Waals surface area contributed by atoms with Crippen LogP contribution in [0.4, 0.5) is 5.95 Å². The molecule has 10 heteroatoms. The lowest BCUT2D eigenvalue weighted by Crippen LogP contribution is -2.38. The Morgan fingerprint density at radius 2 is 1.87 bits per heavy atom. The van der Waals surface area contributed by atoms with Crippen LogP contribution in [0.2, 0.25) is 0 Å². The van der Waals surface area contributed by atoms with Crippen LogP contribution in [0.5, 0.6) is 11.5 Å². The zero-order valence-corrected chi connectivity index (χ0v) is 21.4. The number of H-pyrrole nitrogens is 1. The number of para-hydroxylation sites is 1. The lowest BCUT2D eigenvalue weighted by molar-refractivity contribution is 0.0322. The smallest absolute Gasteiger partial charge is 0.252 e. The molecule has 0 bridgehead atoms.